The Morgan fingerprint density at radius 3 is 1.66 bits per heavy atom. The first kappa shape index (κ1) is 41.1. The molecule has 0 spiro atoms. The summed E-state index contributed by atoms with van der Waals surface area (Å²) in [4.78, 5) is 25.5. The maximum Gasteiger partial charge on any atom is 0.331 e. The van der Waals surface area contributed by atoms with Crippen LogP contribution in [0, 0.1) is 0 Å². The second-order valence-corrected chi connectivity index (χ2v) is 11.6. The zero-order chi connectivity index (χ0) is 39.0. The van der Waals surface area contributed by atoms with Gasteiger partial charge >= 0.3 is 11.9 Å². The number of aliphatic hydroxyl groups excluding tert-OH is 6. The molecule has 0 aliphatic carbocycles. The summed E-state index contributed by atoms with van der Waals surface area (Å²) in [7, 11) is 5.26. The van der Waals surface area contributed by atoms with Crippen LogP contribution in [-0.2, 0) is 33.3 Å². The number of aromatic hydroxyl groups is 2. The Labute approximate surface area is 302 Å². The lowest BCUT2D eigenvalue weighted by molar-refractivity contribution is -0.383. The van der Waals surface area contributed by atoms with E-state index in [1.54, 1.807) is 0 Å². The van der Waals surface area contributed by atoms with Crippen molar-refractivity contribution >= 4 is 24.1 Å². The van der Waals surface area contributed by atoms with Crippen LogP contribution in [0.15, 0.2) is 36.4 Å². The molecule has 0 aromatic heterocycles. The summed E-state index contributed by atoms with van der Waals surface area (Å²) < 4.78 is 47.8. The first-order valence-electron chi connectivity index (χ1n) is 15.8. The molecule has 19 heteroatoms. The maximum absolute atomic E-state index is 12.9. The van der Waals surface area contributed by atoms with Crippen LogP contribution in [-0.4, -0.2) is 156 Å². The molecule has 2 aliphatic rings. The zero-order valence-electron chi connectivity index (χ0n) is 28.9. The lowest BCUT2D eigenvalue weighted by atomic mass is 9.98. The summed E-state index contributed by atoms with van der Waals surface area (Å²) in [5.74, 6) is -4.86. The molecule has 2 fully saturated rings. The Bertz CT molecular complexity index is 1590. The number of ether oxygens (including phenoxy) is 9. The topological polar surface area (TPSA) is 279 Å². The zero-order valence-corrected chi connectivity index (χ0v) is 28.9. The van der Waals surface area contributed by atoms with E-state index in [4.69, 9.17) is 42.6 Å². The third-order valence-corrected chi connectivity index (χ3v) is 8.32. The predicted molar refractivity (Wildman–Crippen MR) is 177 cm³/mol. The number of esters is 2. The van der Waals surface area contributed by atoms with Gasteiger partial charge < -0.3 is 83.5 Å². The second kappa shape index (κ2) is 17.9. The fraction of sp³-hybridized carbons (Fsp3) is 0.471. The number of phenolic OH excluding ortho intramolecular Hbond substituents is 2. The monoisotopic (exact) mass is 754 g/mol. The number of hydrogen-bond donors (Lipinski definition) is 8. The minimum Gasteiger partial charge on any atom is -0.502 e. The van der Waals surface area contributed by atoms with E-state index in [1.165, 1.54) is 64.9 Å². The molecule has 2 aliphatic heterocycles. The van der Waals surface area contributed by atoms with Gasteiger partial charge in [-0.25, -0.2) is 9.59 Å². The number of rotatable bonds is 15. The molecule has 19 nitrogen and oxygen atoms in total. The SMILES string of the molecule is COc1cc(/C=C/C(=O)OC[C@H]2O[C@H](O[C@]3(CO)O[C@@H](CO)[C@@H](O)[C@@H]3OC(=O)/C=C/c3cc(OC)c(O)c(OC)c3)[C@H](O)[C@@H](O)[C@@H]2O)cc(OC)c1O. The molecule has 0 unspecified atom stereocenters. The fourth-order valence-electron chi connectivity index (χ4n) is 5.49. The summed E-state index contributed by atoms with van der Waals surface area (Å²) in [5.41, 5.74) is 0.708. The summed E-state index contributed by atoms with van der Waals surface area (Å²) >= 11 is 0. The van der Waals surface area contributed by atoms with Crippen LogP contribution in [0.1, 0.15) is 11.1 Å². The van der Waals surface area contributed by atoms with Crippen LogP contribution in [0.4, 0.5) is 0 Å². The Morgan fingerprint density at radius 2 is 1.21 bits per heavy atom. The molecule has 2 heterocycles. The predicted octanol–water partition coefficient (Wildman–Crippen LogP) is -1.42. The molecule has 9 atom stereocenters. The van der Waals surface area contributed by atoms with Gasteiger partial charge in [-0.15, -0.1) is 0 Å². The molecule has 4 rings (SSSR count). The number of hydrogen-bond acceptors (Lipinski definition) is 19. The third-order valence-electron chi connectivity index (χ3n) is 8.32. The van der Waals surface area contributed by atoms with Crippen LogP contribution in [0.3, 0.4) is 0 Å². The van der Waals surface area contributed by atoms with Gasteiger partial charge in [0.2, 0.25) is 17.3 Å². The summed E-state index contributed by atoms with van der Waals surface area (Å²) in [5, 5.41) is 83.3. The van der Waals surface area contributed by atoms with Crippen molar-refractivity contribution in [3.8, 4) is 34.5 Å². The molecule has 2 aromatic carbocycles. The Kier molecular flexibility index (Phi) is 13.9. The smallest absolute Gasteiger partial charge is 0.331 e. The molecule has 2 saturated heterocycles. The van der Waals surface area contributed by atoms with Crippen molar-refractivity contribution in [1.82, 2.24) is 0 Å². The average Bonchev–Trinajstić information content (AvgIpc) is 3.42. The number of phenols is 2. The van der Waals surface area contributed by atoms with Crippen LogP contribution >= 0.6 is 0 Å². The molecule has 0 saturated carbocycles. The van der Waals surface area contributed by atoms with Crippen LogP contribution in [0.2, 0.25) is 0 Å². The lowest BCUT2D eigenvalue weighted by Gasteiger charge is -2.43. The van der Waals surface area contributed by atoms with E-state index in [0.717, 1.165) is 12.2 Å². The summed E-state index contributed by atoms with van der Waals surface area (Å²) in [6.45, 7) is -2.69. The molecule has 2 aromatic rings. The summed E-state index contributed by atoms with van der Waals surface area (Å²) in [6, 6.07) is 5.60. The van der Waals surface area contributed by atoms with Crippen molar-refractivity contribution in [3.63, 3.8) is 0 Å². The molecular weight excluding hydrogens is 712 g/mol. The van der Waals surface area contributed by atoms with E-state index in [2.05, 4.69) is 0 Å². The van der Waals surface area contributed by atoms with E-state index in [0.29, 0.717) is 11.1 Å². The van der Waals surface area contributed by atoms with E-state index in [9.17, 15) is 50.4 Å². The van der Waals surface area contributed by atoms with Crippen LogP contribution < -0.4 is 18.9 Å². The maximum atomic E-state index is 12.9. The largest absolute Gasteiger partial charge is 0.502 e. The van der Waals surface area contributed by atoms with Crippen LogP contribution in [0.5, 0.6) is 34.5 Å². The highest BCUT2D eigenvalue weighted by Crippen LogP contribution is 2.40. The van der Waals surface area contributed by atoms with E-state index in [-0.39, 0.29) is 34.5 Å². The van der Waals surface area contributed by atoms with Crippen molar-refractivity contribution in [2.24, 2.45) is 0 Å². The first-order valence-corrected chi connectivity index (χ1v) is 15.8. The number of carbonyl (C=O) groups excluding carboxylic acids is 2. The van der Waals surface area contributed by atoms with Gasteiger partial charge in [-0.2, -0.15) is 0 Å². The molecule has 0 amide bonds. The van der Waals surface area contributed by atoms with Gasteiger partial charge in [0.25, 0.3) is 0 Å². The molecule has 8 N–H and O–H groups in total. The van der Waals surface area contributed by atoms with Gasteiger partial charge in [-0.1, -0.05) is 0 Å². The molecule has 0 bridgehead atoms. The van der Waals surface area contributed by atoms with Gasteiger partial charge in [-0.05, 0) is 47.5 Å². The van der Waals surface area contributed by atoms with E-state index < -0.39 is 86.6 Å². The molecule has 292 valence electrons. The van der Waals surface area contributed by atoms with E-state index >= 15 is 0 Å². The first-order chi connectivity index (χ1) is 25.3. The minimum absolute atomic E-state index is 0.0366. The number of methoxy groups -OCH3 is 4. The van der Waals surface area contributed by atoms with Crippen molar-refractivity contribution in [3.05, 3.63) is 47.5 Å². The van der Waals surface area contributed by atoms with Gasteiger partial charge in [0.15, 0.2) is 35.4 Å². The molecular formula is C34H42O19. The Hall–Kier alpha value is -4.70. The van der Waals surface area contributed by atoms with Gasteiger partial charge in [0.05, 0.1) is 35.0 Å². The van der Waals surface area contributed by atoms with Crippen molar-refractivity contribution in [2.45, 2.75) is 54.8 Å². The Morgan fingerprint density at radius 1 is 0.717 bits per heavy atom. The molecule has 0 radical (unpaired) electrons. The van der Waals surface area contributed by atoms with Gasteiger partial charge in [0.1, 0.15) is 49.8 Å². The van der Waals surface area contributed by atoms with Gasteiger partial charge in [-0.3, -0.25) is 0 Å². The average molecular weight is 755 g/mol. The third kappa shape index (κ3) is 9.10. The quantitative estimate of drug-likeness (QED) is 0.0765. The normalized spacial score (nSPS) is 28.6. The highest BCUT2D eigenvalue weighted by molar-refractivity contribution is 5.88. The van der Waals surface area contributed by atoms with E-state index in [1.807, 2.05) is 0 Å². The number of benzene rings is 2. The van der Waals surface area contributed by atoms with Crippen molar-refractivity contribution < 1.29 is 93.1 Å². The lowest BCUT2D eigenvalue weighted by Crippen LogP contribution is -2.63. The highest BCUT2D eigenvalue weighted by Gasteiger charge is 2.60. The fourth-order valence-corrected chi connectivity index (χ4v) is 5.49. The highest BCUT2D eigenvalue weighted by atomic mass is 16.8. The summed E-state index contributed by atoms with van der Waals surface area (Å²) in [6.07, 6.45) is -9.97. The second-order valence-electron chi connectivity index (χ2n) is 11.6. The van der Waals surface area contributed by atoms with Crippen molar-refractivity contribution in [1.29, 1.82) is 0 Å². The van der Waals surface area contributed by atoms with Crippen molar-refractivity contribution in [2.75, 3.05) is 48.3 Å². The van der Waals surface area contributed by atoms with Gasteiger partial charge in [0, 0.05) is 12.2 Å². The standard InChI is InChI=1S/C34H42O19/c1-45-18-9-16(10-19(46-2)26(18)39)5-7-24(37)49-14-23-28(41)30(43)31(44)33(50-23)53-34(15-36)32(29(42)22(13-35)52-34)51-25(38)8-6-17-11-20(47-3)27(40)21(12-17)48-4/h5-12,22-23,28-33,35-36,39-44H,13-15H2,1-4H3/b7-5+,8-6+/t22-,23+,28+,29+,30-,31+,32-,33+,34-/m0/s1. The number of aliphatic hydroxyl groups is 6. The minimum atomic E-state index is -2.51. The number of carbonyl (C=O) groups is 2. The molecule has 53 heavy (non-hydrogen) atoms. The Balaban J connectivity index is 1.48. The van der Waals surface area contributed by atoms with Crippen LogP contribution in [0.25, 0.3) is 12.2 Å².